The van der Waals surface area contributed by atoms with Gasteiger partial charge in [0.2, 0.25) is 5.91 Å². The summed E-state index contributed by atoms with van der Waals surface area (Å²) in [5.74, 6) is -0.176. The van der Waals surface area contributed by atoms with Crippen molar-refractivity contribution >= 4 is 17.5 Å². The third-order valence-corrected chi connectivity index (χ3v) is 2.50. The van der Waals surface area contributed by atoms with Gasteiger partial charge in [0.15, 0.2) is 0 Å². The van der Waals surface area contributed by atoms with E-state index in [0.717, 1.165) is 13.0 Å². The minimum atomic E-state index is -0.120. The molecule has 2 amide bonds. The number of hydrogen-bond acceptors (Lipinski definition) is 3. The minimum absolute atomic E-state index is 0.0562. The van der Waals surface area contributed by atoms with E-state index in [1.165, 1.54) is 0 Å². The first-order chi connectivity index (χ1) is 7.27. The van der Waals surface area contributed by atoms with Crippen molar-refractivity contribution in [3.05, 3.63) is 12.2 Å². The van der Waals surface area contributed by atoms with E-state index in [2.05, 4.69) is 16.6 Å². The molecule has 2 aliphatic rings. The number of nitrogens with zero attached hydrogens (tertiary/aromatic N) is 2. The first kappa shape index (κ1) is 9.89. The largest absolute Gasteiger partial charge is 0.334 e. The highest BCUT2D eigenvalue weighted by molar-refractivity contribution is 6.39. The molecule has 15 heavy (non-hydrogen) atoms. The van der Waals surface area contributed by atoms with Gasteiger partial charge in [0, 0.05) is 25.9 Å². The number of nitrogens with one attached hydrogen (secondary N) is 1. The second-order valence-corrected chi connectivity index (χ2v) is 3.60. The van der Waals surface area contributed by atoms with Crippen molar-refractivity contribution in [2.45, 2.75) is 19.3 Å². The van der Waals surface area contributed by atoms with Crippen LogP contribution in [0.5, 0.6) is 0 Å². The lowest BCUT2D eigenvalue weighted by atomic mass is 10.1. The molecule has 80 valence electrons. The third-order valence-electron chi connectivity index (χ3n) is 2.50. The monoisotopic (exact) mass is 207 g/mol. The normalized spacial score (nSPS) is 20.9. The van der Waals surface area contributed by atoms with Crippen LogP contribution in [0.2, 0.25) is 0 Å². The maximum absolute atomic E-state index is 11.9. The number of hydrogen-bond donors (Lipinski definition) is 1. The lowest BCUT2D eigenvalue weighted by molar-refractivity contribution is -0.124. The third kappa shape index (κ3) is 2.23. The van der Waals surface area contributed by atoms with E-state index >= 15 is 0 Å². The Kier molecular flexibility index (Phi) is 2.80. The van der Waals surface area contributed by atoms with E-state index in [0.29, 0.717) is 25.1 Å². The highest BCUT2D eigenvalue weighted by atomic mass is 16.2. The van der Waals surface area contributed by atoms with Gasteiger partial charge in [0.05, 0.1) is 0 Å². The van der Waals surface area contributed by atoms with Crippen molar-refractivity contribution in [2.24, 2.45) is 5.10 Å². The van der Waals surface area contributed by atoms with Crippen LogP contribution in [0.1, 0.15) is 19.3 Å². The summed E-state index contributed by atoms with van der Waals surface area (Å²) in [5.41, 5.74) is 2.80. The Morgan fingerprint density at radius 1 is 1.40 bits per heavy atom. The van der Waals surface area contributed by atoms with E-state index in [4.69, 9.17) is 0 Å². The van der Waals surface area contributed by atoms with Crippen molar-refractivity contribution in [1.29, 1.82) is 0 Å². The second-order valence-electron chi connectivity index (χ2n) is 3.60. The summed E-state index contributed by atoms with van der Waals surface area (Å²) in [6.07, 6.45) is 5.74. The van der Waals surface area contributed by atoms with Crippen molar-refractivity contribution in [3.8, 4) is 0 Å². The van der Waals surface area contributed by atoms with Crippen LogP contribution in [0.25, 0.3) is 0 Å². The van der Waals surface area contributed by atoms with Gasteiger partial charge in [-0.25, -0.2) is 5.43 Å². The molecule has 5 heteroatoms. The molecule has 2 rings (SSSR count). The van der Waals surface area contributed by atoms with Gasteiger partial charge >= 0.3 is 0 Å². The van der Waals surface area contributed by atoms with Crippen molar-refractivity contribution in [1.82, 2.24) is 10.3 Å². The Morgan fingerprint density at radius 2 is 2.27 bits per heavy atom. The smallest absolute Gasteiger partial charge is 0.270 e. The van der Waals surface area contributed by atoms with Crippen LogP contribution in [0, 0.1) is 0 Å². The molecule has 0 spiro atoms. The van der Waals surface area contributed by atoms with Crippen LogP contribution < -0.4 is 5.43 Å². The van der Waals surface area contributed by atoms with Gasteiger partial charge in [-0.2, -0.15) is 5.10 Å². The van der Waals surface area contributed by atoms with Gasteiger partial charge in [-0.3, -0.25) is 9.59 Å². The zero-order valence-electron chi connectivity index (χ0n) is 8.40. The molecule has 0 saturated carbocycles. The summed E-state index contributed by atoms with van der Waals surface area (Å²) in [6.45, 7) is 1.38. The molecule has 0 bridgehead atoms. The number of rotatable bonds is 1. The fourth-order valence-electron chi connectivity index (χ4n) is 1.64. The number of carbonyl (C=O) groups is 2. The Morgan fingerprint density at radius 3 is 2.87 bits per heavy atom. The van der Waals surface area contributed by atoms with Crippen molar-refractivity contribution in [3.63, 3.8) is 0 Å². The van der Waals surface area contributed by atoms with Gasteiger partial charge in [-0.05, 0) is 6.42 Å². The van der Waals surface area contributed by atoms with E-state index in [1.54, 1.807) is 4.90 Å². The maximum atomic E-state index is 11.9. The SMILES string of the molecule is O=C1CCC(C(=O)N2CC=CCC2)=NN1. The first-order valence-electron chi connectivity index (χ1n) is 5.07. The van der Waals surface area contributed by atoms with E-state index < -0.39 is 0 Å². The average molecular weight is 207 g/mol. The minimum Gasteiger partial charge on any atom is -0.334 e. The van der Waals surface area contributed by atoms with Gasteiger partial charge < -0.3 is 4.90 Å². The van der Waals surface area contributed by atoms with E-state index in [-0.39, 0.29) is 11.8 Å². The average Bonchev–Trinajstić information content (AvgIpc) is 2.30. The zero-order chi connectivity index (χ0) is 10.7. The first-order valence-corrected chi connectivity index (χ1v) is 5.07. The van der Waals surface area contributed by atoms with Gasteiger partial charge in [0.1, 0.15) is 5.71 Å². The van der Waals surface area contributed by atoms with Crippen LogP contribution in [0.4, 0.5) is 0 Å². The van der Waals surface area contributed by atoms with E-state index in [9.17, 15) is 9.59 Å². The Bertz CT molecular complexity index is 347. The lowest BCUT2D eigenvalue weighted by Crippen LogP contribution is -2.41. The molecule has 1 N–H and O–H groups in total. The number of carbonyl (C=O) groups excluding carboxylic acids is 2. The summed E-state index contributed by atoms with van der Waals surface area (Å²) in [7, 11) is 0. The second kappa shape index (κ2) is 4.25. The molecule has 0 aromatic carbocycles. The molecule has 0 fully saturated rings. The summed E-state index contributed by atoms with van der Waals surface area (Å²) < 4.78 is 0. The van der Waals surface area contributed by atoms with Crippen LogP contribution in [-0.4, -0.2) is 35.5 Å². The molecule has 0 aromatic rings. The molecule has 0 aromatic heterocycles. The van der Waals surface area contributed by atoms with Crippen molar-refractivity contribution < 1.29 is 9.59 Å². The van der Waals surface area contributed by atoms with Crippen LogP contribution in [0.15, 0.2) is 17.3 Å². The topological polar surface area (TPSA) is 61.8 Å². The Labute approximate surface area is 87.8 Å². The molecule has 0 radical (unpaired) electrons. The van der Waals surface area contributed by atoms with Gasteiger partial charge in [0.25, 0.3) is 5.91 Å². The molecule has 0 saturated heterocycles. The van der Waals surface area contributed by atoms with Gasteiger partial charge in [-0.15, -0.1) is 0 Å². The van der Waals surface area contributed by atoms with Crippen LogP contribution in [0.3, 0.4) is 0 Å². The summed E-state index contributed by atoms with van der Waals surface area (Å²) in [4.78, 5) is 24.5. The van der Waals surface area contributed by atoms with Crippen LogP contribution in [-0.2, 0) is 9.59 Å². The quantitative estimate of drug-likeness (QED) is 0.617. The lowest BCUT2D eigenvalue weighted by Gasteiger charge is -2.24. The summed E-state index contributed by atoms with van der Waals surface area (Å²) >= 11 is 0. The molecule has 5 nitrogen and oxygen atoms in total. The maximum Gasteiger partial charge on any atom is 0.270 e. The zero-order valence-corrected chi connectivity index (χ0v) is 8.40. The van der Waals surface area contributed by atoms with Crippen LogP contribution >= 0.6 is 0 Å². The van der Waals surface area contributed by atoms with E-state index in [1.807, 2.05) is 6.08 Å². The van der Waals surface area contributed by atoms with Gasteiger partial charge in [-0.1, -0.05) is 12.2 Å². The molecule has 0 unspecified atom stereocenters. The van der Waals surface area contributed by atoms with Crippen molar-refractivity contribution in [2.75, 3.05) is 13.1 Å². The number of amides is 2. The summed E-state index contributed by atoms with van der Waals surface area (Å²) in [6, 6.07) is 0. The summed E-state index contributed by atoms with van der Waals surface area (Å²) in [5, 5.41) is 3.79. The molecule has 2 aliphatic heterocycles. The molecule has 0 aliphatic carbocycles. The molecule has 0 atom stereocenters. The predicted octanol–water partition coefficient (Wildman–Crippen LogP) is 0.0409. The fraction of sp³-hybridized carbons (Fsp3) is 0.500. The Hall–Kier alpha value is -1.65. The standard InChI is InChI=1S/C10H13N3O2/c14-9-5-4-8(11-12-9)10(15)13-6-2-1-3-7-13/h1-2H,3-7H2,(H,12,14). The number of hydrazone groups is 1. The highest BCUT2D eigenvalue weighted by Gasteiger charge is 2.23. The Balaban J connectivity index is 2.01. The predicted molar refractivity (Wildman–Crippen MR) is 55.1 cm³/mol. The molecular weight excluding hydrogens is 194 g/mol. The molecular formula is C10H13N3O2. The fourth-order valence-corrected chi connectivity index (χ4v) is 1.64. The molecule has 2 heterocycles. The highest BCUT2D eigenvalue weighted by Crippen LogP contribution is 2.07.